The molecule has 2 aliphatic carbocycles. The summed E-state index contributed by atoms with van der Waals surface area (Å²) in [7, 11) is -5.97. The van der Waals surface area contributed by atoms with Gasteiger partial charge in [-0.3, -0.25) is 4.79 Å². The summed E-state index contributed by atoms with van der Waals surface area (Å²) < 4.78 is 34.2. The standard InChI is InChI=1S/C24H36O4SSi/c1-15(2)30(16(3)4,17(5)6)28-21-14-13-20-18(7)23(25)24(22(20)21)29(26,27)19-11-9-8-10-12-19/h8-12,15-17,21-22,24H,13-14H2,1-7H3/t21-,22-,24-/m1/s1. The summed E-state index contributed by atoms with van der Waals surface area (Å²) in [6, 6.07) is 8.40. The van der Waals surface area contributed by atoms with Crippen molar-refractivity contribution in [1.29, 1.82) is 0 Å². The molecule has 1 fully saturated rings. The van der Waals surface area contributed by atoms with E-state index in [9.17, 15) is 13.2 Å². The van der Waals surface area contributed by atoms with Crippen molar-refractivity contribution >= 4 is 23.9 Å². The zero-order valence-corrected chi connectivity index (χ0v) is 21.1. The van der Waals surface area contributed by atoms with E-state index in [2.05, 4.69) is 41.5 Å². The highest BCUT2D eigenvalue weighted by Crippen LogP contribution is 2.51. The molecule has 0 unspecified atom stereocenters. The van der Waals surface area contributed by atoms with E-state index in [0.717, 1.165) is 18.4 Å². The number of allylic oxidation sites excluding steroid dienone is 1. The van der Waals surface area contributed by atoms with Gasteiger partial charge in [-0.1, -0.05) is 65.3 Å². The van der Waals surface area contributed by atoms with Crippen LogP contribution >= 0.6 is 0 Å². The number of sulfone groups is 1. The van der Waals surface area contributed by atoms with E-state index in [1.807, 2.05) is 0 Å². The van der Waals surface area contributed by atoms with Crippen LogP contribution in [0.15, 0.2) is 46.4 Å². The van der Waals surface area contributed by atoms with Crippen LogP contribution in [0.1, 0.15) is 61.3 Å². The molecule has 0 saturated heterocycles. The molecular formula is C24H36O4SSi. The number of Topliss-reactive ketones (excluding diaryl/α,β-unsaturated/α-hetero) is 1. The number of fused-ring (bicyclic) bond motifs is 1. The summed E-state index contributed by atoms with van der Waals surface area (Å²) >= 11 is 0. The number of hydrogen-bond acceptors (Lipinski definition) is 4. The largest absolute Gasteiger partial charge is 0.412 e. The fourth-order valence-electron chi connectivity index (χ4n) is 6.11. The minimum absolute atomic E-state index is 0.205. The SMILES string of the molecule is CC1=C2CC[C@@H](O[Si](C(C)C)(C(C)C)C(C)C)[C@@H]2[C@@H](S(=O)(=O)c2ccccc2)C1=O. The molecule has 0 amide bonds. The Labute approximate surface area is 183 Å². The maximum absolute atomic E-state index is 13.6. The van der Waals surface area contributed by atoms with Crippen molar-refractivity contribution in [2.45, 2.75) is 94.2 Å². The average molecular weight is 449 g/mol. The molecule has 0 aromatic heterocycles. The third kappa shape index (κ3) is 3.55. The van der Waals surface area contributed by atoms with Crippen LogP contribution < -0.4 is 0 Å². The molecule has 0 radical (unpaired) electrons. The van der Waals surface area contributed by atoms with Crippen LogP contribution in [-0.4, -0.2) is 33.9 Å². The van der Waals surface area contributed by atoms with Gasteiger partial charge < -0.3 is 4.43 Å². The van der Waals surface area contributed by atoms with Gasteiger partial charge >= 0.3 is 0 Å². The molecule has 3 atom stereocenters. The molecule has 4 nitrogen and oxygen atoms in total. The van der Waals surface area contributed by atoms with Crippen molar-refractivity contribution in [3.63, 3.8) is 0 Å². The second-order valence-electron chi connectivity index (χ2n) is 9.83. The summed E-state index contributed by atoms with van der Waals surface area (Å²) in [6.07, 6.45) is 1.35. The van der Waals surface area contributed by atoms with E-state index < -0.39 is 23.4 Å². The van der Waals surface area contributed by atoms with Crippen molar-refractivity contribution in [2.24, 2.45) is 5.92 Å². The monoisotopic (exact) mass is 448 g/mol. The maximum atomic E-state index is 13.6. The van der Waals surface area contributed by atoms with Gasteiger partial charge in [-0.15, -0.1) is 0 Å². The van der Waals surface area contributed by atoms with Crippen LogP contribution in [0.5, 0.6) is 0 Å². The van der Waals surface area contributed by atoms with Crippen LogP contribution in [0, 0.1) is 5.92 Å². The molecule has 6 heteroatoms. The summed E-state index contributed by atoms with van der Waals surface area (Å²) in [4.78, 5) is 13.4. The first kappa shape index (κ1) is 23.4. The lowest BCUT2D eigenvalue weighted by Crippen LogP contribution is -2.52. The molecule has 0 aliphatic heterocycles. The smallest absolute Gasteiger partial charge is 0.200 e. The Morgan fingerprint density at radius 1 is 0.967 bits per heavy atom. The van der Waals surface area contributed by atoms with E-state index in [-0.39, 0.29) is 22.7 Å². The lowest BCUT2D eigenvalue weighted by Gasteiger charge is -2.45. The predicted octanol–water partition coefficient (Wildman–Crippen LogP) is 5.70. The Morgan fingerprint density at radius 3 is 2.00 bits per heavy atom. The minimum Gasteiger partial charge on any atom is -0.412 e. The summed E-state index contributed by atoms with van der Waals surface area (Å²) in [5.41, 5.74) is 2.88. The summed E-state index contributed by atoms with van der Waals surface area (Å²) in [6.45, 7) is 15.2. The molecule has 30 heavy (non-hydrogen) atoms. The van der Waals surface area contributed by atoms with E-state index in [4.69, 9.17) is 4.43 Å². The number of carbonyl (C=O) groups excluding carboxylic acids is 1. The number of benzene rings is 1. The van der Waals surface area contributed by atoms with Gasteiger partial charge in [0.25, 0.3) is 0 Å². The van der Waals surface area contributed by atoms with Gasteiger partial charge in [-0.25, -0.2) is 8.42 Å². The van der Waals surface area contributed by atoms with E-state index in [1.54, 1.807) is 37.3 Å². The van der Waals surface area contributed by atoms with E-state index in [1.165, 1.54) is 0 Å². The van der Waals surface area contributed by atoms with E-state index in [0.29, 0.717) is 22.2 Å². The van der Waals surface area contributed by atoms with Crippen molar-refractivity contribution in [3.8, 4) is 0 Å². The zero-order chi connectivity index (χ0) is 22.4. The van der Waals surface area contributed by atoms with Crippen molar-refractivity contribution in [1.82, 2.24) is 0 Å². The second kappa shape index (κ2) is 8.36. The Balaban J connectivity index is 2.05. The lowest BCUT2D eigenvalue weighted by atomic mass is 10.0. The average Bonchev–Trinajstić information content (AvgIpc) is 3.18. The molecular weight excluding hydrogens is 412 g/mol. The third-order valence-electron chi connectivity index (χ3n) is 7.41. The molecule has 0 N–H and O–H groups in total. The van der Waals surface area contributed by atoms with Crippen LogP contribution in [-0.2, 0) is 19.1 Å². The molecule has 3 rings (SSSR count). The van der Waals surface area contributed by atoms with Crippen molar-refractivity contribution in [2.75, 3.05) is 0 Å². The first-order valence-corrected chi connectivity index (χ1v) is 14.9. The van der Waals surface area contributed by atoms with Gasteiger partial charge in [0.1, 0.15) is 5.25 Å². The number of carbonyl (C=O) groups is 1. The quantitative estimate of drug-likeness (QED) is 0.502. The Hall–Kier alpha value is -1.24. The molecule has 1 aromatic rings. The Morgan fingerprint density at radius 2 is 1.50 bits per heavy atom. The van der Waals surface area contributed by atoms with Crippen LogP contribution in [0.4, 0.5) is 0 Å². The number of rotatable bonds is 7. The predicted molar refractivity (Wildman–Crippen MR) is 124 cm³/mol. The highest BCUT2D eigenvalue weighted by atomic mass is 32.2. The van der Waals surface area contributed by atoms with Gasteiger partial charge in [0, 0.05) is 5.92 Å². The molecule has 0 bridgehead atoms. The molecule has 166 valence electrons. The minimum atomic E-state index is -3.78. The Bertz CT molecular complexity index is 909. The van der Waals surface area contributed by atoms with E-state index >= 15 is 0 Å². The lowest BCUT2D eigenvalue weighted by molar-refractivity contribution is -0.115. The van der Waals surface area contributed by atoms with Crippen LogP contribution in [0.3, 0.4) is 0 Å². The van der Waals surface area contributed by atoms with Crippen LogP contribution in [0.25, 0.3) is 0 Å². The van der Waals surface area contributed by atoms with Crippen molar-refractivity contribution < 1.29 is 17.6 Å². The fraction of sp³-hybridized carbons (Fsp3) is 0.625. The Kier molecular flexibility index (Phi) is 6.53. The molecule has 1 saturated carbocycles. The van der Waals surface area contributed by atoms with Gasteiger partial charge in [-0.2, -0.15) is 0 Å². The number of ketones is 1. The van der Waals surface area contributed by atoms with Crippen molar-refractivity contribution in [3.05, 3.63) is 41.5 Å². The fourth-order valence-corrected chi connectivity index (χ4v) is 13.7. The van der Waals surface area contributed by atoms with Gasteiger partial charge in [0.15, 0.2) is 15.6 Å². The van der Waals surface area contributed by atoms with Gasteiger partial charge in [0.05, 0.1) is 11.0 Å². The molecule has 2 aliphatic rings. The molecule has 0 spiro atoms. The second-order valence-corrected chi connectivity index (χ2v) is 17.3. The topological polar surface area (TPSA) is 60.4 Å². The van der Waals surface area contributed by atoms with Gasteiger partial charge in [0.2, 0.25) is 8.32 Å². The first-order valence-electron chi connectivity index (χ1n) is 11.2. The maximum Gasteiger partial charge on any atom is 0.200 e. The van der Waals surface area contributed by atoms with Gasteiger partial charge in [-0.05, 0) is 54.1 Å². The summed E-state index contributed by atoms with van der Waals surface area (Å²) in [5, 5.41) is -1.06. The highest BCUT2D eigenvalue weighted by Gasteiger charge is 2.56. The van der Waals surface area contributed by atoms with Crippen LogP contribution in [0.2, 0.25) is 16.6 Å². The zero-order valence-electron chi connectivity index (χ0n) is 19.3. The normalized spacial score (nSPS) is 25.1. The first-order chi connectivity index (χ1) is 14.0. The summed E-state index contributed by atoms with van der Waals surface area (Å²) in [5.74, 6) is -0.594. The molecule has 0 heterocycles. The molecule has 1 aromatic carbocycles. The number of hydrogen-bond donors (Lipinski definition) is 0. The third-order valence-corrected chi connectivity index (χ3v) is 15.6. The highest BCUT2D eigenvalue weighted by molar-refractivity contribution is 7.93.